The van der Waals surface area contributed by atoms with Crippen LogP contribution in [0, 0.1) is 0 Å². The van der Waals surface area contributed by atoms with Gasteiger partial charge in [-0.3, -0.25) is 0 Å². The smallest absolute Gasteiger partial charge is 0.119 e. The van der Waals surface area contributed by atoms with Gasteiger partial charge in [0, 0.05) is 17.6 Å². The molecule has 2 rings (SSSR count). The number of ether oxygens (including phenoxy) is 1. The summed E-state index contributed by atoms with van der Waals surface area (Å²) in [6.07, 6.45) is 0. The van der Waals surface area contributed by atoms with E-state index >= 15 is 0 Å². The van der Waals surface area contributed by atoms with Crippen molar-refractivity contribution in [3.8, 4) is 5.75 Å². The molecule has 3 heteroatoms. The fourth-order valence-electron chi connectivity index (χ4n) is 2.03. The molecule has 0 spiro atoms. The molecule has 0 aliphatic rings. The first kappa shape index (κ1) is 14.9. The Morgan fingerprint density at radius 2 is 1.90 bits per heavy atom. The summed E-state index contributed by atoms with van der Waals surface area (Å²) in [7, 11) is 0. The van der Waals surface area contributed by atoms with Crippen LogP contribution in [-0.2, 0) is 6.54 Å². The Morgan fingerprint density at radius 3 is 2.55 bits per heavy atom. The first-order chi connectivity index (χ1) is 9.69. The first-order valence-corrected chi connectivity index (χ1v) is 7.27. The molecule has 1 N–H and O–H groups in total. The monoisotopic (exact) mass is 289 g/mol. The van der Waals surface area contributed by atoms with Crippen molar-refractivity contribution < 1.29 is 4.74 Å². The van der Waals surface area contributed by atoms with Crippen LogP contribution in [-0.4, -0.2) is 6.61 Å². The van der Waals surface area contributed by atoms with E-state index in [1.807, 2.05) is 37.3 Å². The van der Waals surface area contributed by atoms with Crippen molar-refractivity contribution in [2.24, 2.45) is 0 Å². The van der Waals surface area contributed by atoms with Crippen LogP contribution >= 0.6 is 11.6 Å². The van der Waals surface area contributed by atoms with Crippen molar-refractivity contribution in [1.82, 2.24) is 5.32 Å². The average molecular weight is 290 g/mol. The van der Waals surface area contributed by atoms with Crippen molar-refractivity contribution >= 4 is 11.6 Å². The van der Waals surface area contributed by atoms with E-state index in [0.29, 0.717) is 6.61 Å². The summed E-state index contributed by atoms with van der Waals surface area (Å²) in [5.74, 6) is 0.916. The Kier molecular flexibility index (Phi) is 5.45. The second-order valence-electron chi connectivity index (χ2n) is 4.73. The molecule has 0 aromatic heterocycles. The summed E-state index contributed by atoms with van der Waals surface area (Å²) in [5, 5.41) is 4.27. The maximum absolute atomic E-state index is 6.01. The third-order valence-electron chi connectivity index (χ3n) is 3.20. The molecule has 2 aromatic carbocycles. The maximum atomic E-state index is 6.01. The summed E-state index contributed by atoms with van der Waals surface area (Å²) in [6.45, 7) is 5.64. The van der Waals surface area contributed by atoms with Gasteiger partial charge in [0.1, 0.15) is 5.75 Å². The van der Waals surface area contributed by atoms with Crippen LogP contribution in [0.2, 0.25) is 5.02 Å². The lowest BCUT2D eigenvalue weighted by molar-refractivity contribution is 0.340. The predicted octanol–water partition coefficient (Wildman–Crippen LogP) is 4.59. The van der Waals surface area contributed by atoms with Crippen LogP contribution in [0.5, 0.6) is 5.75 Å². The zero-order valence-corrected chi connectivity index (χ0v) is 12.7. The molecule has 0 radical (unpaired) electrons. The molecule has 0 saturated heterocycles. The topological polar surface area (TPSA) is 21.3 Å². The maximum Gasteiger partial charge on any atom is 0.119 e. The van der Waals surface area contributed by atoms with E-state index in [1.165, 1.54) is 11.1 Å². The molecule has 0 amide bonds. The summed E-state index contributed by atoms with van der Waals surface area (Å²) in [4.78, 5) is 0. The van der Waals surface area contributed by atoms with Gasteiger partial charge in [0.25, 0.3) is 0 Å². The molecule has 0 aliphatic heterocycles. The van der Waals surface area contributed by atoms with Crippen LogP contribution in [0.25, 0.3) is 0 Å². The van der Waals surface area contributed by atoms with Crippen LogP contribution in [0.3, 0.4) is 0 Å². The molecule has 20 heavy (non-hydrogen) atoms. The molecule has 1 unspecified atom stereocenters. The highest BCUT2D eigenvalue weighted by molar-refractivity contribution is 6.30. The zero-order chi connectivity index (χ0) is 14.4. The van der Waals surface area contributed by atoms with Gasteiger partial charge in [-0.1, -0.05) is 35.9 Å². The van der Waals surface area contributed by atoms with E-state index < -0.39 is 0 Å². The molecule has 0 saturated carbocycles. The third-order valence-corrected chi connectivity index (χ3v) is 3.43. The Balaban J connectivity index is 1.91. The third kappa shape index (κ3) is 4.26. The average Bonchev–Trinajstić information content (AvgIpc) is 2.46. The van der Waals surface area contributed by atoms with Crippen LogP contribution in [0.15, 0.2) is 48.5 Å². The van der Waals surface area contributed by atoms with Gasteiger partial charge in [0.2, 0.25) is 0 Å². The Morgan fingerprint density at radius 1 is 1.15 bits per heavy atom. The minimum atomic E-state index is 0.264. The lowest BCUT2D eigenvalue weighted by Gasteiger charge is -2.15. The second kappa shape index (κ2) is 7.32. The molecule has 2 aromatic rings. The van der Waals surface area contributed by atoms with Gasteiger partial charge in [0.05, 0.1) is 6.61 Å². The predicted molar refractivity (Wildman–Crippen MR) is 84.3 cm³/mol. The van der Waals surface area contributed by atoms with Crippen molar-refractivity contribution in [3.05, 3.63) is 64.7 Å². The summed E-state index contributed by atoms with van der Waals surface area (Å²) >= 11 is 6.01. The van der Waals surface area contributed by atoms with E-state index in [1.54, 1.807) is 0 Å². The number of rotatable bonds is 6. The lowest BCUT2D eigenvalue weighted by Crippen LogP contribution is -2.17. The number of benzene rings is 2. The largest absolute Gasteiger partial charge is 0.494 e. The van der Waals surface area contributed by atoms with E-state index in [-0.39, 0.29) is 6.04 Å². The number of nitrogens with one attached hydrogen (secondary N) is 1. The molecule has 0 fully saturated rings. The molecular formula is C17H20ClNO. The molecule has 1 atom stereocenters. The van der Waals surface area contributed by atoms with Gasteiger partial charge < -0.3 is 10.1 Å². The molecule has 2 nitrogen and oxygen atoms in total. The highest BCUT2D eigenvalue weighted by atomic mass is 35.5. The first-order valence-electron chi connectivity index (χ1n) is 6.89. The van der Waals surface area contributed by atoms with E-state index in [9.17, 15) is 0 Å². The highest BCUT2D eigenvalue weighted by Gasteiger charge is 2.05. The van der Waals surface area contributed by atoms with Gasteiger partial charge in [-0.2, -0.15) is 0 Å². The normalized spacial score (nSPS) is 12.2. The summed E-state index contributed by atoms with van der Waals surface area (Å²) in [6, 6.07) is 16.4. The number of halogens is 1. The van der Waals surface area contributed by atoms with Gasteiger partial charge in [0.15, 0.2) is 0 Å². The van der Waals surface area contributed by atoms with Gasteiger partial charge in [-0.15, -0.1) is 0 Å². The van der Waals surface area contributed by atoms with Crippen molar-refractivity contribution in [3.63, 3.8) is 0 Å². The standard InChI is InChI=1S/C17H20ClNO/c1-3-20-17-9-7-14(8-10-17)12-19-13(2)15-5-4-6-16(18)11-15/h4-11,13,19H,3,12H2,1-2H3. The number of hydrogen-bond donors (Lipinski definition) is 1. The van der Waals surface area contributed by atoms with Crippen molar-refractivity contribution in [2.75, 3.05) is 6.61 Å². The summed E-state index contributed by atoms with van der Waals surface area (Å²) in [5.41, 5.74) is 2.44. The highest BCUT2D eigenvalue weighted by Crippen LogP contribution is 2.18. The number of hydrogen-bond acceptors (Lipinski definition) is 2. The fourth-order valence-corrected chi connectivity index (χ4v) is 2.23. The van der Waals surface area contributed by atoms with E-state index in [4.69, 9.17) is 16.3 Å². The SMILES string of the molecule is CCOc1ccc(CNC(C)c2cccc(Cl)c2)cc1. The Bertz CT molecular complexity index is 539. The molecular weight excluding hydrogens is 270 g/mol. The fraction of sp³-hybridized carbons (Fsp3) is 0.294. The minimum absolute atomic E-state index is 0.264. The van der Waals surface area contributed by atoms with Crippen LogP contribution in [0.4, 0.5) is 0 Å². The van der Waals surface area contributed by atoms with Crippen LogP contribution < -0.4 is 10.1 Å². The second-order valence-corrected chi connectivity index (χ2v) is 5.17. The lowest BCUT2D eigenvalue weighted by atomic mass is 10.1. The minimum Gasteiger partial charge on any atom is -0.494 e. The summed E-state index contributed by atoms with van der Waals surface area (Å²) < 4.78 is 5.43. The van der Waals surface area contributed by atoms with Gasteiger partial charge in [-0.05, 0) is 49.2 Å². The molecule has 106 valence electrons. The van der Waals surface area contributed by atoms with Crippen molar-refractivity contribution in [2.45, 2.75) is 26.4 Å². The van der Waals surface area contributed by atoms with Crippen LogP contribution in [0.1, 0.15) is 31.0 Å². The Labute approximate surface area is 125 Å². The van der Waals surface area contributed by atoms with Gasteiger partial charge in [-0.25, -0.2) is 0 Å². The molecule has 0 bridgehead atoms. The van der Waals surface area contributed by atoms with Gasteiger partial charge >= 0.3 is 0 Å². The van der Waals surface area contributed by atoms with Crippen molar-refractivity contribution in [1.29, 1.82) is 0 Å². The molecule has 0 heterocycles. The van der Waals surface area contributed by atoms with E-state index in [2.05, 4.69) is 30.4 Å². The zero-order valence-electron chi connectivity index (χ0n) is 11.9. The Hall–Kier alpha value is -1.51. The molecule has 0 aliphatic carbocycles. The quantitative estimate of drug-likeness (QED) is 0.840. The van der Waals surface area contributed by atoms with E-state index in [0.717, 1.165) is 17.3 Å².